The molecule has 0 aromatic heterocycles. The highest BCUT2D eigenvalue weighted by atomic mass is 31.2. The minimum Gasteiger partial charge on any atom is -0.302 e. The van der Waals surface area contributed by atoms with E-state index in [4.69, 9.17) is 9.05 Å². The lowest BCUT2D eigenvalue weighted by Gasteiger charge is -2.20. The number of rotatable bonds is 9. The molecule has 0 bridgehead atoms. The van der Waals surface area contributed by atoms with E-state index in [0.29, 0.717) is 6.42 Å². The zero-order valence-corrected chi connectivity index (χ0v) is 15.3. The molecule has 0 aliphatic carbocycles. The molecule has 0 spiro atoms. The van der Waals surface area contributed by atoms with Crippen LogP contribution in [0.25, 0.3) is 0 Å². The second-order valence-electron chi connectivity index (χ2n) is 6.55. The molecule has 0 saturated carbocycles. The van der Waals surface area contributed by atoms with Gasteiger partial charge in [0.15, 0.2) is 0 Å². The van der Waals surface area contributed by atoms with E-state index in [1.54, 1.807) is 6.92 Å². The highest BCUT2D eigenvalue weighted by molar-refractivity contribution is 7.47. The first-order valence-electron chi connectivity index (χ1n) is 7.38. The molecule has 0 radical (unpaired) electrons. The van der Waals surface area contributed by atoms with E-state index < -0.39 is 15.9 Å². The molecule has 1 aromatic rings. The predicted octanol–water partition coefficient (Wildman–Crippen LogP) is 4.48. The van der Waals surface area contributed by atoms with Crippen LogP contribution in [0, 0.1) is 0 Å². The summed E-state index contributed by atoms with van der Waals surface area (Å²) in [5, 5.41) is 0. The van der Waals surface area contributed by atoms with Crippen LogP contribution in [0.3, 0.4) is 0 Å². The van der Waals surface area contributed by atoms with Crippen molar-refractivity contribution in [1.29, 1.82) is 0 Å². The van der Waals surface area contributed by atoms with Gasteiger partial charge in [-0.25, -0.2) is 4.57 Å². The number of phosphoric ester groups is 1. The average Bonchev–Trinajstić information content (AvgIpc) is 2.35. The van der Waals surface area contributed by atoms with Gasteiger partial charge in [0.1, 0.15) is 0 Å². The summed E-state index contributed by atoms with van der Waals surface area (Å²) in [5.41, 5.74) is 1.19. The first-order valence-corrected chi connectivity index (χ1v) is 12.6. The van der Waals surface area contributed by atoms with Gasteiger partial charge in [-0.1, -0.05) is 50.0 Å². The molecule has 0 heterocycles. The van der Waals surface area contributed by atoms with Crippen LogP contribution in [-0.2, 0) is 20.0 Å². The van der Waals surface area contributed by atoms with Crippen molar-refractivity contribution in [2.75, 3.05) is 6.61 Å². The second kappa shape index (κ2) is 8.25. The monoisotopic (exact) mass is 330 g/mol. The third-order valence-electron chi connectivity index (χ3n) is 3.10. The average molecular weight is 330 g/mol. The van der Waals surface area contributed by atoms with E-state index in [2.05, 4.69) is 19.6 Å². The largest absolute Gasteiger partial charge is 0.472 e. The normalized spacial score (nSPS) is 16.4. The Balaban J connectivity index is 2.31. The van der Waals surface area contributed by atoms with Gasteiger partial charge in [0.2, 0.25) is 0 Å². The molecule has 0 saturated heterocycles. The van der Waals surface area contributed by atoms with Crippen molar-refractivity contribution in [1.82, 2.24) is 0 Å². The van der Waals surface area contributed by atoms with Crippen LogP contribution in [0.1, 0.15) is 18.9 Å². The molecule has 0 aliphatic rings. The summed E-state index contributed by atoms with van der Waals surface area (Å²) in [7, 11) is -5.20. The first-order chi connectivity index (χ1) is 9.68. The fraction of sp³-hybridized carbons (Fsp3) is 0.600. The van der Waals surface area contributed by atoms with Gasteiger partial charge in [-0.05, 0) is 31.4 Å². The lowest BCUT2D eigenvalue weighted by molar-refractivity contribution is 0.112. The maximum atomic E-state index is 11.8. The van der Waals surface area contributed by atoms with Crippen molar-refractivity contribution in [3.63, 3.8) is 0 Å². The number of aryl methyl sites for hydroxylation is 1. The highest BCUT2D eigenvalue weighted by Crippen LogP contribution is 2.45. The molecule has 4 nitrogen and oxygen atoms in total. The lowest BCUT2D eigenvalue weighted by Crippen LogP contribution is -2.21. The van der Waals surface area contributed by atoms with Crippen LogP contribution in [-0.4, -0.2) is 25.7 Å². The molecular weight excluding hydrogens is 303 g/mol. The van der Waals surface area contributed by atoms with Crippen molar-refractivity contribution in [2.24, 2.45) is 0 Å². The van der Waals surface area contributed by atoms with Gasteiger partial charge in [0, 0.05) is 8.07 Å². The number of phosphoric acid groups is 1. The Morgan fingerprint density at radius 3 is 2.43 bits per heavy atom. The Morgan fingerprint density at radius 2 is 1.86 bits per heavy atom. The minimum absolute atomic E-state index is 0.287. The molecule has 2 atom stereocenters. The number of benzene rings is 1. The van der Waals surface area contributed by atoms with Gasteiger partial charge < -0.3 is 4.89 Å². The van der Waals surface area contributed by atoms with Gasteiger partial charge in [0.05, 0.1) is 12.7 Å². The third-order valence-corrected chi connectivity index (χ3v) is 5.94. The second-order valence-corrected chi connectivity index (χ2v) is 13.6. The van der Waals surface area contributed by atoms with Crippen molar-refractivity contribution in [2.45, 2.75) is 51.6 Å². The molecule has 0 amide bonds. The zero-order chi connectivity index (χ0) is 15.9. The summed E-state index contributed by atoms with van der Waals surface area (Å²) in [6.07, 6.45) is 1.19. The van der Waals surface area contributed by atoms with Crippen molar-refractivity contribution < 1.29 is 18.5 Å². The summed E-state index contributed by atoms with van der Waals surface area (Å²) in [5.74, 6) is 0. The molecule has 0 aliphatic heterocycles. The Bertz CT molecular complexity index is 458. The Kier molecular flexibility index (Phi) is 7.31. The van der Waals surface area contributed by atoms with Crippen LogP contribution < -0.4 is 0 Å². The molecular formula is C15H27O4PSi. The summed E-state index contributed by atoms with van der Waals surface area (Å²) in [6.45, 7) is 8.68. The Morgan fingerprint density at radius 1 is 1.24 bits per heavy atom. The summed E-state index contributed by atoms with van der Waals surface area (Å²) in [6, 6.07) is 10.9. The predicted molar refractivity (Wildman–Crippen MR) is 89.2 cm³/mol. The van der Waals surface area contributed by atoms with E-state index >= 15 is 0 Å². The SMILES string of the molecule is CC(CCc1ccccc1)OP(=O)(O)OCC[Si](C)(C)C. The van der Waals surface area contributed by atoms with E-state index in [0.717, 1.165) is 12.5 Å². The lowest BCUT2D eigenvalue weighted by atomic mass is 10.1. The summed E-state index contributed by atoms with van der Waals surface area (Å²) in [4.78, 5) is 9.71. The maximum absolute atomic E-state index is 11.8. The Labute approximate surface area is 129 Å². The fourth-order valence-electron chi connectivity index (χ4n) is 1.79. The number of hydrogen-bond acceptors (Lipinski definition) is 3. The minimum atomic E-state index is -3.93. The van der Waals surface area contributed by atoms with Crippen LogP contribution in [0.15, 0.2) is 30.3 Å². The molecule has 1 N–H and O–H groups in total. The van der Waals surface area contributed by atoms with Gasteiger partial charge >= 0.3 is 7.82 Å². The van der Waals surface area contributed by atoms with E-state index in [-0.39, 0.29) is 12.7 Å². The van der Waals surface area contributed by atoms with E-state index in [9.17, 15) is 9.46 Å². The van der Waals surface area contributed by atoms with E-state index in [1.165, 1.54) is 5.56 Å². The van der Waals surface area contributed by atoms with Gasteiger partial charge in [0.25, 0.3) is 0 Å². The molecule has 120 valence electrons. The summed E-state index contributed by atoms with van der Waals surface area (Å²) >= 11 is 0. The van der Waals surface area contributed by atoms with Crippen molar-refractivity contribution >= 4 is 15.9 Å². The third kappa shape index (κ3) is 9.22. The quantitative estimate of drug-likeness (QED) is 0.536. The molecule has 1 aromatic carbocycles. The number of hydrogen-bond donors (Lipinski definition) is 1. The molecule has 6 heteroatoms. The fourth-order valence-corrected chi connectivity index (χ4v) is 3.62. The zero-order valence-electron chi connectivity index (χ0n) is 13.4. The molecule has 21 heavy (non-hydrogen) atoms. The van der Waals surface area contributed by atoms with E-state index in [1.807, 2.05) is 30.3 Å². The van der Waals surface area contributed by atoms with Gasteiger partial charge in [-0.3, -0.25) is 9.05 Å². The first kappa shape index (κ1) is 18.6. The Hall–Kier alpha value is -0.453. The maximum Gasteiger partial charge on any atom is 0.472 e. The van der Waals surface area contributed by atoms with Crippen LogP contribution in [0.2, 0.25) is 25.7 Å². The summed E-state index contributed by atoms with van der Waals surface area (Å²) < 4.78 is 22.1. The standard InChI is InChI=1S/C15H27O4PSi/c1-14(10-11-15-8-6-5-7-9-15)19-20(16,17)18-12-13-21(2,3)4/h5-9,14H,10-13H2,1-4H3,(H,16,17). The smallest absolute Gasteiger partial charge is 0.302 e. The topological polar surface area (TPSA) is 55.8 Å². The van der Waals surface area contributed by atoms with Gasteiger partial charge in [-0.15, -0.1) is 0 Å². The van der Waals surface area contributed by atoms with Crippen molar-refractivity contribution in [3.05, 3.63) is 35.9 Å². The molecule has 2 unspecified atom stereocenters. The van der Waals surface area contributed by atoms with Gasteiger partial charge in [-0.2, -0.15) is 0 Å². The van der Waals surface area contributed by atoms with Crippen LogP contribution >= 0.6 is 7.82 Å². The molecule has 1 rings (SSSR count). The molecule has 0 fully saturated rings. The van der Waals surface area contributed by atoms with Crippen molar-refractivity contribution in [3.8, 4) is 0 Å². The van der Waals surface area contributed by atoms with Crippen LogP contribution in [0.5, 0.6) is 0 Å². The highest BCUT2D eigenvalue weighted by Gasteiger charge is 2.25. The van der Waals surface area contributed by atoms with Crippen LogP contribution in [0.4, 0.5) is 0 Å².